The van der Waals surface area contributed by atoms with Crippen molar-refractivity contribution >= 4 is 23.2 Å². The monoisotopic (exact) mass is 410 g/mol. The van der Waals surface area contributed by atoms with E-state index in [0.717, 1.165) is 10.5 Å². The number of nitrogens with one attached hydrogen (secondary N) is 2. The van der Waals surface area contributed by atoms with Crippen molar-refractivity contribution in [2.75, 3.05) is 26.0 Å². The summed E-state index contributed by atoms with van der Waals surface area (Å²) in [6.45, 7) is -2.38. The molecule has 0 bridgehead atoms. The van der Waals surface area contributed by atoms with Gasteiger partial charge in [-0.1, -0.05) is 11.6 Å². The van der Waals surface area contributed by atoms with Crippen molar-refractivity contribution in [2.45, 2.75) is 13.2 Å². The highest BCUT2D eigenvalue weighted by atomic mass is 35.5. The Morgan fingerprint density at radius 3 is 2.68 bits per heavy atom. The van der Waals surface area contributed by atoms with E-state index in [1.165, 1.54) is 25.3 Å². The largest absolute Gasteiger partial charge is 0.493 e. The summed E-state index contributed by atoms with van der Waals surface area (Å²) in [4.78, 5) is 13.1. The second-order valence-corrected chi connectivity index (χ2v) is 6.46. The average molecular weight is 411 g/mol. The zero-order valence-electron chi connectivity index (χ0n) is 15.3. The summed E-state index contributed by atoms with van der Waals surface area (Å²) >= 11 is 5.91. The Morgan fingerprint density at radius 1 is 1.29 bits per heavy atom. The third-order valence-electron chi connectivity index (χ3n) is 3.79. The van der Waals surface area contributed by atoms with Crippen LogP contribution in [0.2, 0.25) is 5.02 Å². The van der Waals surface area contributed by atoms with Crippen LogP contribution in [0.25, 0.3) is 0 Å². The first kappa shape index (κ1) is 21.4. The van der Waals surface area contributed by atoms with Crippen molar-refractivity contribution in [1.82, 2.24) is 0 Å². The van der Waals surface area contributed by atoms with Crippen molar-refractivity contribution in [2.24, 2.45) is 0 Å². The number of anilines is 1. The first-order valence-corrected chi connectivity index (χ1v) is 8.62. The number of carbonyl (C=O) groups excluding carboxylic acids is 1. The maximum Gasteiger partial charge on any atom is 0.387 e. The average Bonchev–Trinajstić information content (AvgIpc) is 2.62. The summed E-state index contributed by atoms with van der Waals surface area (Å²) in [5.41, 5.74) is 1.45. The number of quaternary nitrogens is 1. The van der Waals surface area contributed by atoms with E-state index in [9.17, 15) is 13.6 Å². The van der Waals surface area contributed by atoms with Crippen molar-refractivity contribution in [3.8, 4) is 17.6 Å². The van der Waals surface area contributed by atoms with Gasteiger partial charge in [0, 0.05) is 10.6 Å². The van der Waals surface area contributed by atoms with Crippen LogP contribution in [0.4, 0.5) is 14.5 Å². The molecule has 0 fully saturated rings. The van der Waals surface area contributed by atoms with Gasteiger partial charge in [-0.15, -0.1) is 0 Å². The number of hydrogen-bond acceptors (Lipinski definition) is 4. The third kappa shape index (κ3) is 6.08. The fraction of sp³-hybridized carbons (Fsp3) is 0.263. The Bertz CT molecular complexity index is 887. The van der Waals surface area contributed by atoms with Gasteiger partial charge in [-0.25, -0.2) is 0 Å². The molecule has 0 heterocycles. The van der Waals surface area contributed by atoms with Gasteiger partial charge in [0.25, 0.3) is 5.91 Å². The zero-order chi connectivity index (χ0) is 20.7. The summed E-state index contributed by atoms with van der Waals surface area (Å²) in [5.74, 6) is -0.157. The number of benzene rings is 2. The van der Waals surface area contributed by atoms with Crippen LogP contribution in [0.5, 0.6) is 11.5 Å². The molecule has 1 amide bonds. The molecule has 2 N–H and O–H groups in total. The van der Waals surface area contributed by atoms with Crippen LogP contribution in [-0.2, 0) is 11.3 Å². The summed E-state index contributed by atoms with van der Waals surface area (Å²) in [7, 11) is 3.16. The van der Waals surface area contributed by atoms with Gasteiger partial charge in [-0.2, -0.15) is 14.0 Å². The molecule has 6 nitrogen and oxygen atoms in total. The second kappa shape index (κ2) is 9.88. The van der Waals surface area contributed by atoms with Gasteiger partial charge in [0.2, 0.25) is 0 Å². The Hall–Kier alpha value is -2.89. The first-order valence-electron chi connectivity index (χ1n) is 8.25. The number of amides is 1. The van der Waals surface area contributed by atoms with Crippen LogP contribution in [0.1, 0.15) is 11.1 Å². The molecule has 1 atom stereocenters. The number of likely N-dealkylation sites (N-methyl/N-ethyl adjacent to an activating group) is 1. The van der Waals surface area contributed by atoms with E-state index in [-0.39, 0.29) is 24.0 Å². The molecule has 0 aliphatic carbocycles. The number of carbonyl (C=O) groups is 1. The maximum absolute atomic E-state index is 12.4. The minimum atomic E-state index is -2.94. The molecule has 0 aliphatic heterocycles. The van der Waals surface area contributed by atoms with Crippen LogP contribution in [0.3, 0.4) is 0 Å². The van der Waals surface area contributed by atoms with E-state index in [0.29, 0.717) is 22.8 Å². The molecule has 0 aromatic heterocycles. The van der Waals surface area contributed by atoms with Gasteiger partial charge in [-0.05, 0) is 36.4 Å². The highest BCUT2D eigenvalue weighted by Crippen LogP contribution is 2.29. The van der Waals surface area contributed by atoms with Crippen LogP contribution in [0, 0.1) is 11.3 Å². The van der Waals surface area contributed by atoms with Crippen molar-refractivity contribution in [1.29, 1.82) is 5.26 Å². The minimum absolute atomic E-state index is 0.0540. The number of alkyl halides is 2. The van der Waals surface area contributed by atoms with Crippen LogP contribution >= 0.6 is 11.6 Å². The molecule has 0 radical (unpaired) electrons. The molecule has 2 aromatic rings. The Morgan fingerprint density at radius 2 is 2.04 bits per heavy atom. The van der Waals surface area contributed by atoms with E-state index in [1.807, 2.05) is 6.07 Å². The molecular weight excluding hydrogens is 392 g/mol. The lowest BCUT2D eigenvalue weighted by Gasteiger charge is -2.16. The van der Waals surface area contributed by atoms with Crippen molar-refractivity contribution in [3.05, 3.63) is 52.5 Å². The number of nitriles is 1. The second-order valence-electron chi connectivity index (χ2n) is 6.02. The molecule has 2 rings (SSSR count). The van der Waals surface area contributed by atoms with E-state index >= 15 is 0 Å². The molecule has 0 spiro atoms. The molecule has 0 saturated carbocycles. The number of halogens is 3. The SMILES string of the molecule is COc1cc(C[NH+](C)CC(=O)Nc2cc(Cl)ccc2C#N)ccc1OC(F)F. The van der Waals surface area contributed by atoms with Gasteiger partial charge < -0.3 is 19.7 Å². The highest BCUT2D eigenvalue weighted by molar-refractivity contribution is 6.31. The number of hydrogen-bond donors (Lipinski definition) is 2. The highest BCUT2D eigenvalue weighted by Gasteiger charge is 2.16. The topological polar surface area (TPSA) is 75.8 Å². The van der Waals surface area contributed by atoms with Crippen molar-refractivity contribution in [3.63, 3.8) is 0 Å². The van der Waals surface area contributed by atoms with Crippen LogP contribution in [0.15, 0.2) is 36.4 Å². The Labute approximate surface area is 166 Å². The molecular formula is C19H19ClF2N3O3+. The molecule has 0 saturated heterocycles. The van der Waals surface area contributed by atoms with Crippen LogP contribution in [-0.4, -0.2) is 33.2 Å². The number of nitrogens with zero attached hydrogens (tertiary/aromatic N) is 1. The Kier molecular flexibility index (Phi) is 7.55. The summed E-state index contributed by atoms with van der Waals surface area (Å²) < 4.78 is 34.3. The maximum atomic E-state index is 12.4. The third-order valence-corrected chi connectivity index (χ3v) is 4.02. The lowest BCUT2D eigenvalue weighted by molar-refractivity contribution is -0.885. The predicted molar refractivity (Wildman–Crippen MR) is 99.9 cm³/mol. The lowest BCUT2D eigenvalue weighted by Crippen LogP contribution is -3.08. The van der Waals surface area contributed by atoms with E-state index < -0.39 is 6.61 Å². The fourth-order valence-corrected chi connectivity index (χ4v) is 2.78. The predicted octanol–water partition coefficient (Wildman–Crippen LogP) is 2.48. The number of methoxy groups -OCH3 is 1. The number of rotatable bonds is 8. The van der Waals surface area contributed by atoms with Crippen molar-refractivity contribution < 1.29 is 27.9 Å². The van der Waals surface area contributed by atoms with E-state index in [1.54, 1.807) is 25.2 Å². The standard InChI is InChI=1S/C19H18ClF2N3O3/c1-25(10-12-3-6-16(28-19(21)22)17(7-12)27-2)11-18(26)24-15-8-14(20)5-4-13(15)9-23/h3-8,19H,10-11H2,1-2H3,(H,24,26)/p+1. The number of ether oxygens (including phenoxy) is 2. The zero-order valence-corrected chi connectivity index (χ0v) is 16.0. The van der Waals surface area contributed by atoms with Gasteiger partial charge >= 0.3 is 6.61 Å². The summed E-state index contributed by atoms with van der Waals surface area (Å²) in [5, 5.41) is 12.2. The smallest absolute Gasteiger partial charge is 0.387 e. The first-order chi connectivity index (χ1) is 13.3. The molecule has 0 aliphatic rings. The Balaban J connectivity index is 2.00. The van der Waals surface area contributed by atoms with Crippen LogP contribution < -0.4 is 19.7 Å². The van der Waals surface area contributed by atoms with Gasteiger partial charge in [0.1, 0.15) is 12.6 Å². The van der Waals surface area contributed by atoms with E-state index in [2.05, 4.69) is 10.1 Å². The minimum Gasteiger partial charge on any atom is -0.493 e. The molecule has 148 valence electrons. The van der Waals surface area contributed by atoms with Gasteiger partial charge in [0.05, 0.1) is 25.4 Å². The molecule has 28 heavy (non-hydrogen) atoms. The van der Waals surface area contributed by atoms with Gasteiger partial charge in [-0.3, -0.25) is 4.79 Å². The lowest BCUT2D eigenvalue weighted by atomic mass is 10.2. The summed E-state index contributed by atoms with van der Waals surface area (Å²) in [6, 6.07) is 11.2. The van der Waals surface area contributed by atoms with Gasteiger partial charge in [0.15, 0.2) is 18.0 Å². The van der Waals surface area contributed by atoms with E-state index in [4.69, 9.17) is 21.6 Å². The molecule has 9 heteroatoms. The molecule has 1 unspecified atom stereocenters. The fourth-order valence-electron chi connectivity index (χ4n) is 2.61. The quantitative estimate of drug-likeness (QED) is 0.701. The molecule has 2 aromatic carbocycles. The summed E-state index contributed by atoms with van der Waals surface area (Å²) in [6.07, 6.45) is 0. The normalized spacial score (nSPS) is 11.6.